The van der Waals surface area contributed by atoms with Crippen LogP contribution in [0.2, 0.25) is 0 Å². The first-order valence-electron chi connectivity index (χ1n) is 7.38. The lowest BCUT2D eigenvalue weighted by molar-refractivity contribution is -0.114. The monoisotopic (exact) mass is 276 g/mol. The molecule has 2 heteroatoms. The Bertz CT molecular complexity index is 427. The van der Waals surface area contributed by atoms with Crippen LogP contribution in [0.25, 0.3) is 0 Å². The van der Waals surface area contributed by atoms with Gasteiger partial charge in [0.2, 0.25) is 0 Å². The molecular formula is C18H28O2. The van der Waals surface area contributed by atoms with Crippen LogP contribution in [0.1, 0.15) is 54.9 Å². The van der Waals surface area contributed by atoms with E-state index in [9.17, 15) is 4.79 Å². The van der Waals surface area contributed by atoms with Gasteiger partial charge >= 0.3 is 0 Å². The SMILES string of the molecule is CCCOC=C1C=C(C(C)(C)C)C(=O)C(C(C)(C)C)=C1. The maximum Gasteiger partial charge on any atom is 0.186 e. The molecule has 1 rings (SSSR count). The number of hydrogen-bond donors (Lipinski definition) is 0. The molecule has 0 radical (unpaired) electrons. The van der Waals surface area contributed by atoms with E-state index in [4.69, 9.17) is 4.74 Å². The van der Waals surface area contributed by atoms with Crippen LogP contribution in [0.15, 0.2) is 35.1 Å². The molecule has 2 nitrogen and oxygen atoms in total. The van der Waals surface area contributed by atoms with E-state index >= 15 is 0 Å². The zero-order valence-electron chi connectivity index (χ0n) is 14.0. The lowest BCUT2D eigenvalue weighted by Gasteiger charge is -2.31. The van der Waals surface area contributed by atoms with Crippen LogP contribution < -0.4 is 0 Å². The molecule has 0 fully saturated rings. The topological polar surface area (TPSA) is 26.3 Å². The molecule has 0 amide bonds. The molecule has 1 aliphatic rings. The normalized spacial score (nSPS) is 16.8. The van der Waals surface area contributed by atoms with Crippen molar-refractivity contribution in [3.05, 3.63) is 35.1 Å². The van der Waals surface area contributed by atoms with E-state index in [0.717, 1.165) is 23.1 Å². The fourth-order valence-corrected chi connectivity index (χ4v) is 2.11. The van der Waals surface area contributed by atoms with Crippen molar-refractivity contribution in [3.8, 4) is 0 Å². The van der Waals surface area contributed by atoms with Gasteiger partial charge in [0, 0.05) is 16.7 Å². The third-order valence-corrected chi connectivity index (χ3v) is 3.27. The molecule has 0 aromatic rings. The first-order chi connectivity index (χ1) is 9.07. The Morgan fingerprint density at radius 2 is 1.45 bits per heavy atom. The Morgan fingerprint density at radius 1 is 1.00 bits per heavy atom. The van der Waals surface area contributed by atoms with E-state index in [0.29, 0.717) is 6.61 Å². The van der Waals surface area contributed by atoms with Gasteiger partial charge in [-0.2, -0.15) is 0 Å². The molecule has 0 heterocycles. The Labute approximate surface area is 123 Å². The Balaban J connectivity index is 3.23. The van der Waals surface area contributed by atoms with Gasteiger partial charge < -0.3 is 4.74 Å². The van der Waals surface area contributed by atoms with E-state index in [1.165, 1.54) is 0 Å². The summed E-state index contributed by atoms with van der Waals surface area (Å²) in [6, 6.07) is 0. The lowest BCUT2D eigenvalue weighted by Crippen LogP contribution is -2.27. The summed E-state index contributed by atoms with van der Waals surface area (Å²) in [6.07, 6.45) is 6.68. The van der Waals surface area contributed by atoms with Crippen molar-refractivity contribution in [2.24, 2.45) is 10.8 Å². The molecule has 0 unspecified atom stereocenters. The molecular weight excluding hydrogens is 248 g/mol. The summed E-state index contributed by atoms with van der Waals surface area (Å²) in [4.78, 5) is 12.7. The van der Waals surface area contributed by atoms with Gasteiger partial charge in [-0.25, -0.2) is 0 Å². The standard InChI is InChI=1S/C18H28O2/c1-8-9-20-12-13-10-14(17(2,3)4)16(19)15(11-13)18(5,6)7/h10-12H,8-9H2,1-7H3. The minimum absolute atomic E-state index is 0.161. The quantitative estimate of drug-likeness (QED) is 0.545. The van der Waals surface area contributed by atoms with Gasteiger partial charge in [-0.1, -0.05) is 48.5 Å². The molecule has 0 saturated carbocycles. The first kappa shape index (κ1) is 16.7. The highest BCUT2D eigenvalue weighted by Gasteiger charge is 2.33. The van der Waals surface area contributed by atoms with Crippen LogP contribution in [0.3, 0.4) is 0 Å². The zero-order valence-corrected chi connectivity index (χ0v) is 14.0. The van der Waals surface area contributed by atoms with E-state index in [-0.39, 0.29) is 16.6 Å². The van der Waals surface area contributed by atoms with Crippen molar-refractivity contribution in [1.29, 1.82) is 0 Å². The smallest absolute Gasteiger partial charge is 0.186 e. The van der Waals surface area contributed by atoms with Gasteiger partial charge in [0.05, 0.1) is 12.9 Å². The minimum Gasteiger partial charge on any atom is -0.501 e. The predicted octanol–water partition coefficient (Wildman–Crippen LogP) is 4.82. The second-order valence-corrected chi connectivity index (χ2v) is 7.43. The Hall–Kier alpha value is -1.31. The van der Waals surface area contributed by atoms with Crippen molar-refractivity contribution < 1.29 is 9.53 Å². The number of carbonyl (C=O) groups excluding carboxylic acids is 1. The lowest BCUT2D eigenvalue weighted by atomic mass is 9.72. The molecule has 0 spiro atoms. The van der Waals surface area contributed by atoms with E-state index in [2.05, 4.69) is 48.5 Å². The summed E-state index contributed by atoms with van der Waals surface area (Å²) < 4.78 is 5.52. The molecule has 0 aliphatic heterocycles. The number of ether oxygens (including phenoxy) is 1. The van der Waals surface area contributed by atoms with Gasteiger partial charge in [-0.15, -0.1) is 0 Å². The fourth-order valence-electron chi connectivity index (χ4n) is 2.11. The summed E-state index contributed by atoms with van der Waals surface area (Å²) in [6.45, 7) is 15.2. The molecule has 0 atom stereocenters. The van der Waals surface area contributed by atoms with E-state index in [1.807, 2.05) is 12.2 Å². The number of hydrogen-bond acceptors (Lipinski definition) is 2. The molecule has 0 saturated heterocycles. The second-order valence-electron chi connectivity index (χ2n) is 7.43. The van der Waals surface area contributed by atoms with Gasteiger partial charge in [0.1, 0.15) is 0 Å². The van der Waals surface area contributed by atoms with Crippen LogP contribution >= 0.6 is 0 Å². The summed E-state index contributed by atoms with van der Waals surface area (Å²) in [5.74, 6) is 0.164. The molecule has 20 heavy (non-hydrogen) atoms. The number of allylic oxidation sites excluding steroid dienone is 5. The average molecular weight is 276 g/mol. The van der Waals surface area contributed by atoms with Crippen molar-refractivity contribution in [3.63, 3.8) is 0 Å². The first-order valence-corrected chi connectivity index (χ1v) is 7.38. The van der Waals surface area contributed by atoms with Crippen molar-refractivity contribution in [1.82, 2.24) is 0 Å². The average Bonchev–Trinajstić information content (AvgIpc) is 2.28. The van der Waals surface area contributed by atoms with Crippen LogP contribution in [0.5, 0.6) is 0 Å². The van der Waals surface area contributed by atoms with Crippen molar-refractivity contribution in [2.45, 2.75) is 54.9 Å². The second kappa shape index (κ2) is 5.99. The predicted molar refractivity (Wildman–Crippen MR) is 84.4 cm³/mol. The van der Waals surface area contributed by atoms with Crippen molar-refractivity contribution in [2.75, 3.05) is 6.61 Å². The highest BCUT2D eigenvalue weighted by molar-refractivity contribution is 6.11. The Kier molecular flexibility index (Phi) is 5.01. The number of carbonyl (C=O) groups is 1. The van der Waals surface area contributed by atoms with E-state index < -0.39 is 0 Å². The van der Waals surface area contributed by atoms with Crippen LogP contribution in [-0.2, 0) is 9.53 Å². The third-order valence-electron chi connectivity index (χ3n) is 3.27. The maximum absolute atomic E-state index is 12.7. The van der Waals surface area contributed by atoms with E-state index in [1.54, 1.807) is 6.26 Å². The molecule has 0 N–H and O–H groups in total. The number of rotatable bonds is 3. The molecule has 0 bridgehead atoms. The summed E-state index contributed by atoms with van der Waals surface area (Å²) in [5, 5.41) is 0. The van der Waals surface area contributed by atoms with Gasteiger partial charge in [-0.05, 0) is 29.4 Å². The molecule has 0 aromatic heterocycles. The molecule has 1 aliphatic carbocycles. The van der Waals surface area contributed by atoms with Gasteiger partial charge in [0.15, 0.2) is 5.78 Å². The minimum atomic E-state index is -0.161. The van der Waals surface area contributed by atoms with Gasteiger partial charge in [0.25, 0.3) is 0 Å². The largest absolute Gasteiger partial charge is 0.501 e. The van der Waals surface area contributed by atoms with Gasteiger partial charge in [-0.3, -0.25) is 4.79 Å². The Morgan fingerprint density at radius 3 is 1.80 bits per heavy atom. The molecule has 112 valence electrons. The zero-order chi connectivity index (χ0) is 15.6. The highest BCUT2D eigenvalue weighted by Crippen LogP contribution is 2.38. The van der Waals surface area contributed by atoms with Crippen molar-refractivity contribution >= 4 is 5.78 Å². The number of ketones is 1. The number of Topliss-reactive ketones (excluding diaryl/α,β-unsaturated/α-hetero) is 1. The van der Waals surface area contributed by atoms with Crippen LogP contribution in [0, 0.1) is 10.8 Å². The summed E-state index contributed by atoms with van der Waals surface area (Å²) >= 11 is 0. The van der Waals surface area contributed by atoms with Crippen LogP contribution in [0.4, 0.5) is 0 Å². The summed E-state index contributed by atoms with van der Waals surface area (Å²) in [5.41, 5.74) is 2.37. The summed E-state index contributed by atoms with van der Waals surface area (Å²) in [7, 11) is 0. The third kappa shape index (κ3) is 4.09. The maximum atomic E-state index is 12.7. The highest BCUT2D eigenvalue weighted by atomic mass is 16.5. The molecule has 0 aromatic carbocycles. The van der Waals surface area contributed by atoms with Crippen LogP contribution in [-0.4, -0.2) is 12.4 Å². The fraction of sp³-hybridized carbons (Fsp3) is 0.611.